The van der Waals surface area contributed by atoms with E-state index in [0.717, 1.165) is 11.3 Å². The second-order valence-corrected chi connectivity index (χ2v) is 9.43. The van der Waals surface area contributed by atoms with E-state index in [1.165, 1.54) is 23.1 Å². The first kappa shape index (κ1) is 21.5. The van der Waals surface area contributed by atoms with Gasteiger partial charge in [0.15, 0.2) is 14.8 Å². The molecule has 0 saturated carbocycles. The molecule has 0 fully saturated rings. The van der Waals surface area contributed by atoms with E-state index in [-0.39, 0.29) is 17.2 Å². The number of anilines is 1. The minimum atomic E-state index is -0.180. The number of fused-ring (bicyclic) bond motifs is 1. The Morgan fingerprint density at radius 3 is 2.55 bits per heavy atom. The Hall–Kier alpha value is -2.75. The molecule has 0 aliphatic rings. The number of para-hydroxylation sites is 1. The normalized spacial score (nSPS) is 11.0. The van der Waals surface area contributed by atoms with Crippen LogP contribution in [0.5, 0.6) is 0 Å². The molecule has 2 aromatic heterocycles. The van der Waals surface area contributed by atoms with Crippen LogP contribution in [0.2, 0.25) is 0 Å². The summed E-state index contributed by atoms with van der Waals surface area (Å²) in [5, 5.41) is 3.34. The summed E-state index contributed by atoms with van der Waals surface area (Å²) in [4.78, 5) is 30.6. The highest BCUT2D eigenvalue weighted by Gasteiger charge is 2.18. The number of hydrogen-bond donors (Lipinski definition) is 1. The van der Waals surface area contributed by atoms with Gasteiger partial charge in [0.05, 0.1) is 11.4 Å². The first-order chi connectivity index (χ1) is 15.0. The number of rotatable bonds is 6. The zero-order valence-electron chi connectivity index (χ0n) is 17.0. The van der Waals surface area contributed by atoms with Gasteiger partial charge in [-0.2, -0.15) is 0 Å². The minimum absolute atomic E-state index is 0.121. The summed E-state index contributed by atoms with van der Waals surface area (Å²) in [5.41, 5.74) is 2.94. The van der Waals surface area contributed by atoms with Crippen LogP contribution in [0.4, 0.5) is 5.69 Å². The van der Waals surface area contributed by atoms with Crippen LogP contribution >= 0.6 is 35.3 Å². The number of thioether (sulfide) groups is 1. The Balaban J connectivity index is 1.71. The first-order valence-corrected chi connectivity index (χ1v) is 11.9. The van der Waals surface area contributed by atoms with Crippen LogP contribution in [0.1, 0.15) is 12.5 Å². The van der Waals surface area contributed by atoms with Gasteiger partial charge >= 0.3 is 0 Å². The van der Waals surface area contributed by atoms with Crippen molar-refractivity contribution in [3.63, 3.8) is 0 Å². The van der Waals surface area contributed by atoms with Crippen LogP contribution in [0.15, 0.2) is 64.5 Å². The van der Waals surface area contributed by atoms with Crippen LogP contribution < -0.4 is 10.9 Å². The van der Waals surface area contributed by atoms with Crippen LogP contribution in [0, 0.1) is 10.9 Å². The molecule has 1 amide bonds. The van der Waals surface area contributed by atoms with E-state index in [9.17, 15) is 9.59 Å². The number of nitrogens with zero attached hydrogens (tertiary/aromatic N) is 3. The van der Waals surface area contributed by atoms with E-state index >= 15 is 0 Å². The second-order valence-electron chi connectivity index (χ2n) is 6.84. The zero-order chi connectivity index (χ0) is 22.0. The third kappa shape index (κ3) is 4.48. The van der Waals surface area contributed by atoms with Crippen LogP contribution in [-0.4, -0.2) is 25.8 Å². The van der Waals surface area contributed by atoms with Crippen molar-refractivity contribution in [3.05, 3.63) is 74.5 Å². The van der Waals surface area contributed by atoms with Crippen molar-refractivity contribution in [3.8, 4) is 5.69 Å². The Morgan fingerprint density at radius 1 is 1.16 bits per heavy atom. The van der Waals surface area contributed by atoms with E-state index in [2.05, 4.69) is 5.32 Å². The van der Waals surface area contributed by atoms with Crippen molar-refractivity contribution < 1.29 is 4.79 Å². The number of aromatic nitrogens is 3. The summed E-state index contributed by atoms with van der Waals surface area (Å²) >= 11 is 7.92. The summed E-state index contributed by atoms with van der Waals surface area (Å²) in [6.07, 6.45) is 0. The topological polar surface area (TPSA) is 68.9 Å². The van der Waals surface area contributed by atoms with Gasteiger partial charge in [0, 0.05) is 12.2 Å². The summed E-state index contributed by atoms with van der Waals surface area (Å²) in [5.74, 6) is -0.0456. The highest BCUT2D eigenvalue weighted by atomic mass is 32.2. The van der Waals surface area contributed by atoms with Crippen molar-refractivity contribution in [2.75, 3.05) is 11.1 Å². The van der Waals surface area contributed by atoms with Gasteiger partial charge in [0.2, 0.25) is 5.91 Å². The van der Waals surface area contributed by atoms with E-state index in [1.807, 2.05) is 73.0 Å². The molecule has 0 aliphatic carbocycles. The Kier molecular flexibility index (Phi) is 6.35. The number of amides is 1. The summed E-state index contributed by atoms with van der Waals surface area (Å²) < 4.78 is 4.53. The maximum atomic E-state index is 13.4. The SMILES string of the molecule is CCn1c(=S)sc2c(=O)n(-c3ccccc3)c(SCC(=O)Nc3ccc(C)cc3)nc21. The maximum absolute atomic E-state index is 13.4. The minimum Gasteiger partial charge on any atom is -0.325 e. The maximum Gasteiger partial charge on any atom is 0.278 e. The fourth-order valence-corrected chi connectivity index (χ4v) is 5.31. The molecule has 2 heterocycles. The van der Waals surface area contributed by atoms with E-state index in [1.54, 1.807) is 4.57 Å². The smallest absolute Gasteiger partial charge is 0.278 e. The number of thiazole rings is 1. The third-order valence-electron chi connectivity index (χ3n) is 4.66. The summed E-state index contributed by atoms with van der Waals surface area (Å²) in [6, 6.07) is 16.9. The molecule has 0 radical (unpaired) electrons. The third-order valence-corrected chi connectivity index (χ3v) is 7.02. The quantitative estimate of drug-likeness (QED) is 0.244. The lowest BCUT2D eigenvalue weighted by Crippen LogP contribution is -2.22. The van der Waals surface area contributed by atoms with Crippen molar-refractivity contribution >= 4 is 57.3 Å². The van der Waals surface area contributed by atoms with Gasteiger partial charge in [-0.1, -0.05) is 59.0 Å². The molecule has 0 saturated heterocycles. The van der Waals surface area contributed by atoms with E-state index < -0.39 is 0 Å². The van der Waals surface area contributed by atoms with Crippen LogP contribution in [0.25, 0.3) is 16.0 Å². The number of carbonyl (C=O) groups excluding carboxylic acids is 1. The Labute approximate surface area is 192 Å². The molecule has 0 aliphatic heterocycles. The van der Waals surface area contributed by atoms with Crippen LogP contribution in [-0.2, 0) is 11.3 Å². The molecule has 9 heteroatoms. The Morgan fingerprint density at radius 2 is 1.87 bits per heavy atom. The monoisotopic (exact) mass is 468 g/mol. The predicted molar refractivity (Wildman–Crippen MR) is 130 cm³/mol. The molecule has 0 unspecified atom stereocenters. The molecule has 0 bridgehead atoms. The van der Waals surface area contributed by atoms with Crippen molar-refractivity contribution in [2.24, 2.45) is 0 Å². The standard InChI is InChI=1S/C22H20N4O2S3/c1-3-25-19-18(31-22(25)29)20(28)26(16-7-5-4-6-8-16)21(24-19)30-13-17(27)23-15-11-9-14(2)10-12-15/h4-12H,3,13H2,1-2H3,(H,23,27). The van der Waals surface area contributed by atoms with Gasteiger partial charge in [-0.3, -0.25) is 14.2 Å². The largest absolute Gasteiger partial charge is 0.325 e. The average molecular weight is 469 g/mol. The van der Waals surface area contributed by atoms with E-state index in [0.29, 0.717) is 31.7 Å². The lowest BCUT2D eigenvalue weighted by molar-refractivity contribution is -0.113. The predicted octanol–water partition coefficient (Wildman–Crippen LogP) is 5.04. The molecule has 0 spiro atoms. The molecular weight excluding hydrogens is 448 g/mol. The zero-order valence-corrected chi connectivity index (χ0v) is 19.4. The molecule has 0 atom stereocenters. The lowest BCUT2D eigenvalue weighted by Gasteiger charge is -2.12. The number of benzene rings is 2. The van der Waals surface area contributed by atoms with Gasteiger partial charge < -0.3 is 9.88 Å². The molecule has 4 rings (SSSR count). The molecule has 158 valence electrons. The molecule has 6 nitrogen and oxygen atoms in total. The fraction of sp³-hybridized carbons (Fsp3) is 0.182. The second kappa shape index (κ2) is 9.17. The van der Waals surface area contributed by atoms with Gasteiger partial charge in [0.1, 0.15) is 4.70 Å². The first-order valence-electron chi connectivity index (χ1n) is 9.69. The van der Waals surface area contributed by atoms with Gasteiger partial charge in [-0.05, 0) is 50.3 Å². The van der Waals surface area contributed by atoms with Crippen LogP contribution in [0.3, 0.4) is 0 Å². The van der Waals surface area contributed by atoms with Crippen molar-refractivity contribution in [2.45, 2.75) is 25.5 Å². The summed E-state index contributed by atoms with van der Waals surface area (Å²) in [7, 11) is 0. The van der Waals surface area contributed by atoms with Crippen molar-refractivity contribution in [1.82, 2.24) is 14.1 Å². The molecule has 31 heavy (non-hydrogen) atoms. The van der Waals surface area contributed by atoms with E-state index in [4.69, 9.17) is 17.2 Å². The lowest BCUT2D eigenvalue weighted by atomic mass is 10.2. The number of carbonyl (C=O) groups is 1. The number of hydrogen-bond acceptors (Lipinski definition) is 6. The van der Waals surface area contributed by atoms with Crippen molar-refractivity contribution in [1.29, 1.82) is 0 Å². The number of nitrogens with one attached hydrogen (secondary N) is 1. The fourth-order valence-electron chi connectivity index (χ4n) is 3.12. The number of aryl methyl sites for hydroxylation is 2. The highest BCUT2D eigenvalue weighted by molar-refractivity contribution is 7.99. The Bertz CT molecular complexity index is 1360. The highest BCUT2D eigenvalue weighted by Crippen LogP contribution is 2.25. The molecular formula is C22H20N4O2S3. The molecule has 2 aromatic carbocycles. The molecule has 1 N–H and O–H groups in total. The molecule has 4 aromatic rings. The van der Waals surface area contributed by atoms with Gasteiger partial charge in [-0.15, -0.1) is 0 Å². The summed E-state index contributed by atoms with van der Waals surface area (Å²) in [6.45, 7) is 4.58. The van der Waals surface area contributed by atoms with Gasteiger partial charge in [-0.25, -0.2) is 4.98 Å². The van der Waals surface area contributed by atoms with Gasteiger partial charge in [0.25, 0.3) is 5.56 Å². The average Bonchev–Trinajstić information content (AvgIpc) is 3.10.